The minimum absolute atomic E-state index is 0.383. The first-order valence-electron chi connectivity index (χ1n) is 6.88. The number of pyridine rings is 1. The maximum atomic E-state index is 12.2. The van der Waals surface area contributed by atoms with E-state index in [1.54, 1.807) is 29.7 Å². The Morgan fingerprint density at radius 2 is 2.14 bits per heavy atom. The topological polar surface area (TPSA) is 96.6 Å². The van der Waals surface area contributed by atoms with E-state index in [9.17, 15) is 9.59 Å². The standard InChI is InChI=1S/C14H18N4O3/c1-3-4-5-11(14(20)21)15-13(19)10-6-7-12-17-16-9(2)18(12)8-10/h6-8,11H,3-5H2,1-2H3,(H,15,19)(H,20,21). The normalized spacial score (nSPS) is 12.3. The van der Waals surface area contributed by atoms with Crippen molar-refractivity contribution < 1.29 is 14.7 Å². The van der Waals surface area contributed by atoms with Gasteiger partial charge in [-0.05, 0) is 25.5 Å². The van der Waals surface area contributed by atoms with Gasteiger partial charge in [0.2, 0.25) is 0 Å². The number of hydrogen-bond acceptors (Lipinski definition) is 4. The molecule has 2 aromatic heterocycles. The Morgan fingerprint density at radius 3 is 2.81 bits per heavy atom. The average molecular weight is 290 g/mol. The number of carbonyl (C=O) groups is 2. The molecular formula is C14H18N4O3. The highest BCUT2D eigenvalue weighted by Gasteiger charge is 2.20. The van der Waals surface area contributed by atoms with Crippen LogP contribution in [0, 0.1) is 6.92 Å². The van der Waals surface area contributed by atoms with E-state index in [1.165, 1.54) is 0 Å². The van der Waals surface area contributed by atoms with Crippen LogP contribution >= 0.6 is 0 Å². The summed E-state index contributed by atoms with van der Waals surface area (Å²) in [6.45, 7) is 3.76. The molecule has 2 heterocycles. The van der Waals surface area contributed by atoms with E-state index < -0.39 is 17.9 Å². The van der Waals surface area contributed by atoms with Gasteiger partial charge >= 0.3 is 5.97 Å². The maximum Gasteiger partial charge on any atom is 0.326 e. The van der Waals surface area contributed by atoms with Crippen LogP contribution in [0.4, 0.5) is 0 Å². The summed E-state index contributed by atoms with van der Waals surface area (Å²) in [4.78, 5) is 23.3. The monoisotopic (exact) mass is 290 g/mol. The Balaban J connectivity index is 2.16. The first-order valence-corrected chi connectivity index (χ1v) is 6.88. The number of carboxylic acid groups (broad SMARTS) is 1. The van der Waals surface area contributed by atoms with E-state index in [4.69, 9.17) is 5.11 Å². The van der Waals surface area contributed by atoms with Crippen LogP contribution in [0.5, 0.6) is 0 Å². The Morgan fingerprint density at radius 1 is 1.38 bits per heavy atom. The number of fused-ring (bicyclic) bond motifs is 1. The summed E-state index contributed by atoms with van der Waals surface area (Å²) in [6, 6.07) is 2.42. The summed E-state index contributed by atoms with van der Waals surface area (Å²) in [5.74, 6) is -0.757. The molecule has 7 heteroatoms. The van der Waals surface area contributed by atoms with Crippen LogP contribution in [-0.4, -0.2) is 37.6 Å². The molecule has 1 amide bonds. The highest BCUT2D eigenvalue weighted by atomic mass is 16.4. The van der Waals surface area contributed by atoms with E-state index in [2.05, 4.69) is 15.5 Å². The summed E-state index contributed by atoms with van der Waals surface area (Å²) in [5, 5.41) is 19.5. The van der Waals surface area contributed by atoms with Crippen LogP contribution in [0.25, 0.3) is 5.65 Å². The Bertz CT molecular complexity index is 665. The molecule has 2 aromatic rings. The van der Waals surface area contributed by atoms with Gasteiger partial charge in [-0.1, -0.05) is 19.8 Å². The van der Waals surface area contributed by atoms with Crippen molar-refractivity contribution >= 4 is 17.5 Å². The van der Waals surface area contributed by atoms with Gasteiger partial charge in [-0.15, -0.1) is 10.2 Å². The predicted octanol–water partition coefficient (Wildman–Crippen LogP) is 1.41. The quantitative estimate of drug-likeness (QED) is 0.838. The van der Waals surface area contributed by atoms with Crippen LogP contribution in [0.1, 0.15) is 42.4 Å². The number of rotatable bonds is 6. The van der Waals surface area contributed by atoms with Crippen molar-refractivity contribution in [3.8, 4) is 0 Å². The number of hydrogen-bond donors (Lipinski definition) is 2. The Hall–Kier alpha value is -2.44. The van der Waals surface area contributed by atoms with Gasteiger partial charge in [0.15, 0.2) is 5.65 Å². The average Bonchev–Trinajstić information content (AvgIpc) is 2.84. The van der Waals surface area contributed by atoms with E-state index in [-0.39, 0.29) is 0 Å². The van der Waals surface area contributed by atoms with Gasteiger partial charge < -0.3 is 10.4 Å². The van der Waals surface area contributed by atoms with Gasteiger partial charge in [-0.25, -0.2) is 4.79 Å². The van der Waals surface area contributed by atoms with Crippen LogP contribution < -0.4 is 5.32 Å². The molecule has 1 unspecified atom stereocenters. The SMILES string of the molecule is CCCCC(NC(=O)c1ccc2nnc(C)n2c1)C(=O)O. The lowest BCUT2D eigenvalue weighted by molar-refractivity contribution is -0.139. The molecule has 0 spiro atoms. The van der Waals surface area contributed by atoms with Gasteiger partial charge in [0.05, 0.1) is 5.56 Å². The molecule has 1 atom stereocenters. The highest BCUT2D eigenvalue weighted by Crippen LogP contribution is 2.08. The molecular weight excluding hydrogens is 272 g/mol. The minimum Gasteiger partial charge on any atom is -0.480 e. The number of nitrogens with zero attached hydrogens (tertiary/aromatic N) is 3. The number of aromatic nitrogens is 3. The fourth-order valence-corrected chi connectivity index (χ4v) is 2.05. The molecule has 0 bridgehead atoms. The second-order valence-electron chi connectivity index (χ2n) is 4.90. The van der Waals surface area contributed by atoms with E-state index in [1.807, 2.05) is 6.92 Å². The molecule has 0 fully saturated rings. The largest absolute Gasteiger partial charge is 0.480 e. The Labute approximate surface area is 122 Å². The number of nitrogens with one attached hydrogen (secondary N) is 1. The molecule has 0 aromatic carbocycles. The zero-order valence-electron chi connectivity index (χ0n) is 12.0. The lowest BCUT2D eigenvalue weighted by atomic mass is 10.1. The molecule has 2 N–H and O–H groups in total. The van der Waals surface area contributed by atoms with Gasteiger partial charge in [0.25, 0.3) is 5.91 Å². The van der Waals surface area contributed by atoms with Crippen LogP contribution in [0.2, 0.25) is 0 Å². The van der Waals surface area contributed by atoms with Crippen LogP contribution in [-0.2, 0) is 4.79 Å². The van der Waals surface area contributed by atoms with E-state index >= 15 is 0 Å². The van der Waals surface area contributed by atoms with Crippen molar-refractivity contribution in [2.24, 2.45) is 0 Å². The highest BCUT2D eigenvalue weighted by molar-refractivity contribution is 5.96. The summed E-state index contributed by atoms with van der Waals surface area (Å²) in [7, 11) is 0. The molecule has 7 nitrogen and oxygen atoms in total. The molecule has 0 saturated heterocycles. The number of carbonyl (C=O) groups excluding carboxylic acids is 1. The third-order valence-electron chi connectivity index (χ3n) is 3.28. The summed E-state index contributed by atoms with van der Waals surface area (Å²) < 4.78 is 1.69. The summed E-state index contributed by atoms with van der Waals surface area (Å²) in [5.41, 5.74) is 1.03. The van der Waals surface area contributed by atoms with Crippen molar-refractivity contribution in [1.82, 2.24) is 19.9 Å². The number of unbranched alkanes of at least 4 members (excludes halogenated alkanes) is 1. The minimum atomic E-state index is -1.02. The van der Waals surface area contributed by atoms with Gasteiger partial charge in [0, 0.05) is 6.20 Å². The van der Waals surface area contributed by atoms with Crippen molar-refractivity contribution in [2.75, 3.05) is 0 Å². The number of aliphatic carboxylic acids is 1. The Kier molecular flexibility index (Phi) is 4.52. The second kappa shape index (κ2) is 6.34. The van der Waals surface area contributed by atoms with Gasteiger partial charge in [-0.3, -0.25) is 9.20 Å². The number of amides is 1. The predicted molar refractivity (Wildman–Crippen MR) is 76.1 cm³/mol. The lowest BCUT2D eigenvalue weighted by Gasteiger charge is -2.14. The molecule has 0 radical (unpaired) electrons. The number of carboxylic acids is 1. The summed E-state index contributed by atoms with van der Waals surface area (Å²) >= 11 is 0. The molecule has 2 rings (SSSR count). The van der Waals surface area contributed by atoms with E-state index in [0.717, 1.165) is 12.8 Å². The van der Waals surface area contributed by atoms with Crippen molar-refractivity contribution in [1.29, 1.82) is 0 Å². The first kappa shape index (κ1) is 15.0. The maximum absolute atomic E-state index is 12.2. The first-order chi connectivity index (χ1) is 10.0. The smallest absolute Gasteiger partial charge is 0.326 e. The molecule has 0 aliphatic carbocycles. The third-order valence-corrected chi connectivity index (χ3v) is 3.28. The second-order valence-corrected chi connectivity index (χ2v) is 4.90. The fourth-order valence-electron chi connectivity index (χ4n) is 2.05. The molecule has 21 heavy (non-hydrogen) atoms. The van der Waals surface area contributed by atoms with Crippen LogP contribution in [0.3, 0.4) is 0 Å². The summed E-state index contributed by atoms with van der Waals surface area (Å²) in [6.07, 6.45) is 3.66. The van der Waals surface area contributed by atoms with Crippen LogP contribution in [0.15, 0.2) is 18.3 Å². The third kappa shape index (κ3) is 3.36. The molecule has 112 valence electrons. The number of aryl methyl sites for hydroxylation is 1. The van der Waals surface area contributed by atoms with Crippen molar-refractivity contribution in [2.45, 2.75) is 39.2 Å². The fraction of sp³-hybridized carbons (Fsp3) is 0.429. The van der Waals surface area contributed by atoms with Crippen molar-refractivity contribution in [3.05, 3.63) is 29.7 Å². The van der Waals surface area contributed by atoms with E-state index in [0.29, 0.717) is 23.5 Å². The van der Waals surface area contributed by atoms with Crippen molar-refractivity contribution in [3.63, 3.8) is 0 Å². The van der Waals surface area contributed by atoms with Gasteiger partial charge in [0.1, 0.15) is 11.9 Å². The molecule has 0 aliphatic heterocycles. The lowest BCUT2D eigenvalue weighted by Crippen LogP contribution is -2.40. The molecule has 0 saturated carbocycles. The molecule has 0 aliphatic rings. The zero-order valence-corrected chi connectivity index (χ0v) is 12.0. The van der Waals surface area contributed by atoms with Gasteiger partial charge in [-0.2, -0.15) is 0 Å². The zero-order chi connectivity index (χ0) is 15.4.